The van der Waals surface area contributed by atoms with Gasteiger partial charge >= 0.3 is 0 Å². The Labute approximate surface area is 286 Å². The molecule has 1 aromatic heterocycles. The first kappa shape index (κ1) is 29.1. The molecule has 7 aromatic rings. The van der Waals surface area contributed by atoms with Crippen molar-refractivity contribution in [1.29, 1.82) is 0 Å². The van der Waals surface area contributed by atoms with Crippen LogP contribution in [0, 0.1) is 0 Å². The number of benzene rings is 6. The lowest BCUT2D eigenvalue weighted by Crippen LogP contribution is -2.39. The van der Waals surface area contributed by atoms with Crippen LogP contribution in [-0.4, -0.2) is 11.1 Å². The van der Waals surface area contributed by atoms with Gasteiger partial charge in [0.25, 0.3) is 0 Å². The third-order valence-electron chi connectivity index (χ3n) is 9.75. The van der Waals surface area contributed by atoms with Crippen molar-refractivity contribution >= 4 is 33.1 Å². The number of nitrogens with one attached hydrogen (secondary N) is 3. The van der Waals surface area contributed by atoms with Gasteiger partial charge in [0.2, 0.25) is 0 Å². The number of fused-ring (bicyclic) bond motifs is 3. The fourth-order valence-electron chi connectivity index (χ4n) is 7.33. The molecule has 3 heterocycles. The molecule has 0 spiro atoms. The number of dihydropyridines is 1. The molecule has 0 saturated carbocycles. The molecule has 0 fully saturated rings. The molecule has 4 nitrogen and oxygen atoms in total. The summed E-state index contributed by atoms with van der Waals surface area (Å²) in [6, 6.07) is 54.7. The lowest BCUT2D eigenvalue weighted by molar-refractivity contribution is 0.442. The number of para-hydroxylation sites is 2. The highest BCUT2D eigenvalue weighted by atomic mass is 15.2. The van der Waals surface area contributed by atoms with Crippen LogP contribution < -0.4 is 16.0 Å². The third-order valence-corrected chi connectivity index (χ3v) is 9.75. The van der Waals surface area contributed by atoms with Gasteiger partial charge in [0, 0.05) is 28.7 Å². The first-order valence-corrected chi connectivity index (χ1v) is 17.0. The predicted octanol–water partition coefficient (Wildman–Crippen LogP) is 9.92. The van der Waals surface area contributed by atoms with Gasteiger partial charge in [-0.05, 0) is 81.6 Å². The maximum absolute atomic E-state index is 3.87. The van der Waals surface area contributed by atoms with Gasteiger partial charge in [0.15, 0.2) is 0 Å². The summed E-state index contributed by atoms with van der Waals surface area (Å²) in [5, 5.41) is 13.4. The molecule has 2 unspecified atom stereocenters. The summed E-state index contributed by atoms with van der Waals surface area (Å²) >= 11 is 0. The second kappa shape index (κ2) is 12.5. The topological polar surface area (TPSA) is 41.0 Å². The van der Waals surface area contributed by atoms with Gasteiger partial charge in [-0.1, -0.05) is 133 Å². The predicted molar refractivity (Wildman–Crippen MR) is 204 cm³/mol. The van der Waals surface area contributed by atoms with Crippen LogP contribution in [0.2, 0.25) is 0 Å². The van der Waals surface area contributed by atoms with E-state index in [1.165, 1.54) is 66.4 Å². The Morgan fingerprint density at radius 3 is 2.04 bits per heavy atom. The largest absolute Gasteiger partial charge is 0.387 e. The van der Waals surface area contributed by atoms with E-state index in [0.29, 0.717) is 0 Å². The first-order valence-electron chi connectivity index (χ1n) is 17.0. The maximum atomic E-state index is 3.87. The average molecular weight is 633 g/mol. The minimum Gasteiger partial charge on any atom is -0.387 e. The van der Waals surface area contributed by atoms with Crippen molar-refractivity contribution in [2.24, 2.45) is 0 Å². The Kier molecular flexibility index (Phi) is 7.41. The Morgan fingerprint density at radius 1 is 0.571 bits per heavy atom. The van der Waals surface area contributed by atoms with E-state index in [0.717, 1.165) is 12.2 Å². The van der Waals surface area contributed by atoms with E-state index in [1.54, 1.807) is 0 Å². The quantitative estimate of drug-likeness (QED) is 0.171. The lowest BCUT2D eigenvalue weighted by atomic mass is 9.94. The minimum absolute atomic E-state index is 0.0287. The van der Waals surface area contributed by atoms with Crippen molar-refractivity contribution in [2.45, 2.75) is 12.2 Å². The van der Waals surface area contributed by atoms with E-state index < -0.39 is 0 Å². The Morgan fingerprint density at radius 2 is 1.27 bits per heavy atom. The highest BCUT2D eigenvalue weighted by Gasteiger charge is 2.24. The number of aromatic nitrogens is 1. The molecule has 3 N–H and O–H groups in total. The smallest absolute Gasteiger partial charge is 0.104 e. The van der Waals surface area contributed by atoms with Crippen molar-refractivity contribution in [3.8, 4) is 16.8 Å². The molecule has 2 aliphatic rings. The van der Waals surface area contributed by atoms with Crippen LogP contribution in [0.15, 0.2) is 176 Å². The van der Waals surface area contributed by atoms with E-state index in [2.05, 4.69) is 190 Å². The van der Waals surface area contributed by atoms with Crippen LogP contribution in [0.4, 0.5) is 0 Å². The van der Waals surface area contributed by atoms with Crippen molar-refractivity contribution in [2.75, 3.05) is 6.54 Å². The summed E-state index contributed by atoms with van der Waals surface area (Å²) in [5.74, 6) is 0. The Balaban J connectivity index is 1.09. The summed E-state index contributed by atoms with van der Waals surface area (Å²) in [5.41, 5.74) is 13.3. The number of allylic oxidation sites excluding steroid dienone is 2. The van der Waals surface area contributed by atoms with Gasteiger partial charge in [-0.25, -0.2) is 0 Å². The molecular weight excluding hydrogens is 597 g/mol. The third kappa shape index (κ3) is 5.42. The number of rotatable bonds is 6. The maximum Gasteiger partial charge on any atom is 0.104 e. The fourth-order valence-corrected chi connectivity index (χ4v) is 7.33. The van der Waals surface area contributed by atoms with Crippen molar-refractivity contribution in [3.63, 3.8) is 0 Å². The van der Waals surface area contributed by atoms with Crippen LogP contribution in [0.5, 0.6) is 0 Å². The zero-order valence-electron chi connectivity index (χ0n) is 27.1. The number of nitrogens with zero attached hydrogens (tertiary/aromatic N) is 1. The zero-order valence-corrected chi connectivity index (χ0v) is 27.1. The average Bonchev–Trinajstić information content (AvgIpc) is 3.53. The van der Waals surface area contributed by atoms with Crippen LogP contribution in [0.3, 0.4) is 0 Å². The molecule has 0 saturated heterocycles. The van der Waals surface area contributed by atoms with Gasteiger partial charge < -0.3 is 15.2 Å². The second-order valence-electron chi connectivity index (χ2n) is 12.7. The summed E-state index contributed by atoms with van der Waals surface area (Å²) in [6.07, 6.45) is 8.67. The molecule has 9 rings (SSSR count). The van der Waals surface area contributed by atoms with Crippen LogP contribution >= 0.6 is 0 Å². The summed E-state index contributed by atoms with van der Waals surface area (Å²) in [4.78, 5) is 0. The molecular formula is C45H36N4. The van der Waals surface area contributed by atoms with Gasteiger partial charge in [0.1, 0.15) is 6.17 Å². The van der Waals surface area contributed by atoms with E-state index in [1.807, 2.05) is 6.20 Å². The SMILES string of the molecule is C1=CC(c2ccc(C3=CC(c4ccc(-c5cccc6c5c5ccccc5n6-c5ccccc5)cc4)NC(c4ccccc4)N3)cc2)=CCN1. The van der Waals surface area contributed by atoms with Crippen molar-refractivity contribution in [3.05, 3.63) is 198 Å². The minimum atomic E-state index is -0.0292. The highest BCUT2D eigenvalue weighted by molar-refractivity contribution is 6.15. The van der Waals surface area contributed by atoms with Gasteiger partial charge in [-0.15, -0.1) is 0 Å². The molecule has 4 heteroatoms. The standard InChI is InChI=1S/C45H36N4/c1-3-10-36(11-4-1)45-47-40(34-22-18-31(19-23-34)32-26-28-46-29-27-32)30-41(48-45)35-24-20-33(21-25-35)38-15-9-17-43-44(38)39-14-7-8-16-42(39)49(43)37-12-5-2-6-13-37/h1-28,30,41,45-48H,29H2. The number of hydrogen-bond acceptors (Lipinski definition) is 3. The van der Waals surface area contributed by atoms with E-state index in [-0.39, 0.29) is 12.2 Å². The van der Waals surface area contributed by atoms with Gasteiger partial charge in [0.05, 0.1) is 17.1 Å². The summed E-state index contributed by atoms with van der Waals surface area (Å²) in [7, 11) is 0. The zero-order chi connectivity index (χ0) is 32.6. The Bertz CT molecular complexity index is 2360. The van der Waals surface area contributed by atoms with Crippen LogP contribution in [0.25, 0.3) is 49.9 Å². The normalized spacial score (nSPS) is 17.3. The van der Waals surface area contributed by atoms with Gasteiger partial charge in [-0.3, -0.25) is 5.32 Å². The van der Waals surface area contributed by atoms with E-state index in [9.17, 15) is 0 Å². The second-order valence-corrected chi connectivity index (χ2v) is 12.7. The monoisotopic (exact) mass is 632 g/mol. The van der Waals surface area contributed by atoms with E-state index >= 15 is 0 Å². The van der Waals surface area contributed by atoms with Crippen molar-refractivity contribution < 1.29 is 0 Å². The lowest BCUT2D eigenvalue weighted by Gasteiger charge is -2.33. The van der Waals surface area contributed by atoms with Gasteiger partial charge in [-0.2, -0.15) is 0 Å². The van der Waals surface area contributed by atoms with E-state index in [4.69, 9.17) is 0 Å². The molecule has 0 aliphatic carbocycles. The fraction of sp³-hybridized carbons (Fsp3) is 0.0667. The molecule has 2 atom stereocenters. The molecule has 49 heavy (non-hydrogen) atoms. The molecule has 0 amide bonds. The Hall–Kier alpha value is -6.10. The molecule has 6 aromatic carbocycles. The molecule has 0 radical (unpaired) electrons. The van der Waals surface area contributed by atoms with Crippen molar-refractivity contribution in [1.82, 2.24) is 20.5 Å². The summed E-state index contributed by atoms with van der Waals surface area (Å²) < 4.78 is 2.38. The first-order chi connectivity index (χ1) is 24.3. The molecule has 236 valence electrons. The number of hydrogen-bond donors (Lipinski definition) is 3. The van der Waals surface area contributed by atoms with Crippen LogP contribution in [0.1, 0.15) is 34.5 Å². The highest BCUT2D eigenvalue weighted by Crippen LogP contribution is 2.39. The molecule has 2 aliphatic heterocycles. The van der Waals surface area contributed by atoms with Crippen LogP contribution in [-0.2, 0) is 0 Å². The summed E-state index contributed by atoms with van der Waals surface area (Å²) in [6.45, 7) is 0.858. The molecule has 0 bridgehead atoms.